The van der Waals surface area contributed by atoms with Crippen LogP contribution in [0.3, 0.4) is 0 Å². The summed E-state index contributed by atoms with van der Waals surface area (Å²) in [5, 5.41) is 20.2. The van der Waals surface area contributed by atoms with E-state index in [1.807, 2.05) is 0 Å². The summed E-state index contributed by atoms with van der Waals surface area (Å²) < 4.78 is 5.44. The van der Waals surface area contributed by atoms with Gasteiger partial charge in [0.1, 0.15) is 0 Å². The highest BCUT2D eigenvalue weighted by Crippen LogP contribution is 2.51. The van der Waals surface area contributed by atoms with Crippen LogP contribution in [0.2, 0.25) is 0 Å². The Morgan fingerprint density at radius 1 is 1.08 bits per heavy atom. The highest BCUT2D eigenvalue weighted by Gasteiger charge is 2.51. The van der Waals surface area contributed by atoms with Crippen LogP contribution in [0.25, 0.3) is 0 Å². The normalized spacial score (nSPS) is 36.7. The van der Waals surface area contributed by atoms with Crippen molar-refractivity contribution in [3.63, 3.8) is 0 Å². The molecule has 1 aliphatic heterocycles. The van der Waals surface area contributed by atoms with Crippen LogP contribution in [-0.2, 0) is 4.74 Å². The number of hydrogen-bond acceptors (Lipinski definition) is 3. The molecule has 2 saturated carbocycles. The minimum absolute atomic E-state index is 0.223. The molecule has 2 fully saturated rings. The molecule has 0 bridgehead atoms. The molecule has 0 amide bonds. The lowest BCUT2D eigenvalue weighted by Crippen LogP contribution is -2.31. The number of ether oxygens (including phenoxy) is 1. The molecule has 136 valence electrons. The molecule has 3 aliphatic rings. The van der Waals surface area contributed by atoms with Crippen molar-refractivity contribution in [3.05, 3.63) is 12.2 Å². The van der Waals surface area contributed by atoms with Crippen molar-refractivity contribution >= 4 is 0 Å². The number of rotatable bonds is 6. The average molecular weight is 337 g/mol. The fourth-order valence-corrected chi connectivity index (χ4v) is 4.85. The first-order valence-corrected chi connectivity index (χ1v) is 9.58. The first-order chi connectivity index (χ1) is 11.6. The molecule has 1 aromatic rings. The molecule has 2 N–H and O–H groups in total. The van der Waals surface area contributed by atoms with E-state index in [0.717, 1.165) is 25.7 Å². The van der Waals surface area contributed by atoms with E-state index < -0.39 is 6.29 Å². The van der Waals surface area contributed by atoms with E-state index in [1.54, 1.807) is 6.92 Å². The van der Waals surface area contributed by atoms with E-state index in [2.05, 4.69) is 21.0 Å². The van der Waals surface area contributed by atoms with Crippen LogP contribution in [0.15, 0.2) is 12.2 Å². The average Bonchev–Trinajstić information content (AvgIpc) is 3.22. The highest BCUT2D eigenvalue weighted by molar-refractivity contribution is 4.98. The van der Waals surface area contributed by atoms with Gasteiger partial charge in [0.15, 0.2) is 6.29 Å². The number of aliphatic hydroxyl groups excluding tert-OH is 2. The molecular weight excluding hydrogens is 306 g/mol. The Bertz CT molecular complexity index is 562. The Labute approximate surface area is 143 Å². The molecule has 0 saturated heterocycles. The Kier molecular flexibility index (Phi) is 4.39. The summed E-state index contributed by atoms with van der Waals surface area (Å²) in [5.74, 6) is 0.556. The molecule has 24 heavy (non-hydrogen) atoms. The molecule has 1 aromatic heterocycles. The zero-order valence-corrected chi connectivity index (χ0v) is 14.7. The number of nitrogens with zero attached hydrogens (tertiary/aromatic N) is 3. The van der Waals surface area contributed by atoms with Gasteiger partial charge in [-0.05, 0) is 56.9 Å². The highest BCUT2D eigenvalue weighted by atomic mass is 16.6. The maximum atomic E-state index is 10.5. The van der Waals surface area contributed by atoms with Gasteiger partial charge in [0, 0.05) is 0 Å². The van der Waals surface area contributed by atoms with Gasteiger partial charge in [-0.15, -0.1) is 0 Å². The van der Waals surface area contributed by atoms with Crippen LogP contribution < -0.4 is 0 Å². The van der Waals surface area contributed by atoms with Crippen LogP contribution >= 0.6 is 0 Å². The minimum atomic E-state index is -0.849. The third-order valence-corrected chi connectivity index (χ3v) is 6.30. The lowest BCUT2D eigenvalue weighted by atomic mass is 9.82. The third-order valence-electron chi connectivity index (χ3n) is 6.30. The lowest BCUT2D eigenvalue weighted by molar-refractivity contribution is -0.0780. The standard InChI is InChI=1S/C18H31N3O3/c1-12(2)18(23)24-10-9-13-7-8-17(22)16(11-13)21-19-14-5-3-4-6-15(14)20(19)21/h13-18,22-23H,1,3-11H2,2H3. The fourth-order valence-electron chi connectivity index (χ4n) is 4.85. The van der Waals surface area contributed by atoms with Crippen LogP contribution in [-0.4, -0.2) is 43.6 Å². The molecule has 0 aromatic carbocycles. The van der Waals surface area contributed by atoms with Gasteiger partial charge < -0.3 is 14.9 Å². The number of aliphatic hydroxyl groups is 2. The summed E-state index contributed by atoms with van der Waals surface area (Å²) >= 11 is 0. The van der Waals surface area contributed by atoms with Crippen molar-refractivity contribution in [1.29, 1.82) is 0 Å². The zero-order chi connectivity index (χ0) is 16.8. The first-order valence-electron chi connectivity index (χ1n) is 9.58. The molecule has 6 unspecified atom stereocenters. The second-order valence-electron chi connectivity index (χ2n) is 8.05. The Morgan fingerprint density at radius 3 is 2.33 bits per heavy atom. The summed E-state index contributed by atoms with van der Waals surface area (Å²) in [6, 6.07) is 1.61. The largest absolute Gasteiger partial charge is 0.391 e. The molecule has 6 atom stereocenters. The summed E-state index contributed by atoms with van der Waals surface area (Å²) in [7, 11) is 0. The number of aromatic nitrogens is 3. The van der Waals surface area contributed by atoms with Crippen LogP contribution in [0, 0.1) is 5.92 Å². The van der Waals surface area contributed by atoms with E-state index in [-0.39, 0.29) is 12.1 Å². The van der Waals surface area contributed by atoms with E-state index in [1.165, 1.54) is 25.7 Å². The van der Waals surface area contributed by atoms with Gasteiger partial charge in [-0.1, -0.05) is 19.4 Å². The summed E-state index contributed by atoms with van der Waals surface area (Å²) in [5.41, 5.74) is 0.649. The van der Waals surface area contributed by atoms with Gasteiger partial charge in [-0.3, -0.25) is 0 Å². The summed E-state index contributed by atoms with van der Waals surface area (Å²) in [4.78, 5) is 7.13. The van der Waals surface area contributed by atoms with Gasteiger partial charge in [-0.25, -0.2) is 0 Å². The molecular formula is C18H31N3O3. The Hall–Kier alpha value is -0.980. The second kappa shape index (κ2) is 6.39. The minimum Gasteiger partial charge on any atom is -0.391 e. The van der Waals surface area contributed by atoms with E-state index >= 15 is 0 Å². The van der Waals surface area contributed by atoms with Crippen LogP contribution in [0.5, 0.6) is 0 Å². The van der Waals surface area contributed by atoms with Gasteiger partial charge in [0.25, 0.3) is 0 Å². The number of hydrogen-bond donors (Lipinski definition) is 2. The number of fused-ring (bicyclic) bond motifs is 4. The molecule has 4 rings (SSSR count). The third kappa shape index (κ3) is 2.78. The van der Waals surface area contributed by atoms with Crippen LogP contribution in [0.4, 0.5) is 0 Å². The van der Waals surface area contributed by atoms with Crippen molar-refractivity contribution in [2.75, 3.05) is 6.61 Å². The SMILES string of the molecule is C=C(C)C(O)OCCC1CCC(O)C(n2n3n2C2CCCCC23)C1. The topological polar surface area (TPSA) is 64.5 Å². The van der Waals surface area contributed by atoms with Crippen molar-refractivity contribution < 1.29 is 14.9 Å². The molecule has 6 nitrogen and oxygen atoms in total. The predicted octanol–water partition coefficient (Wildman–Crippen LogP) is 2.76. The molecule has 6 heteroatoms. The molecule has 0 radical (unpaired) electrons. The molecule has 2 aliphatic carbocycles. The summed E-state index contributed by atoms with van der Waals surface area (Å²) in [6.45, 7) is 6.04. The van der Waals surface area contributed by atoms with E-state index in [4.69, 9.17) is 4.74 Å². The zero-order valence-electron chi connectivity index (χ0n) is 14.7. The van der Waals surface area contributed by atoms with E-state index in [0.29, 0.717) is 30.2 Å². The fraction of sp³-hybridized carbons (Fsp3) is 0.889. The monoisotopic (exact) mass is 337 g/mol. The van der Waals surface area contributed by atoms with Gasteiger partial charge in [0.2, 0.25) is 0 Å². The Balaban J connectivity index is 1.32. The van der Waals surface area contributed by atoms with Gasteiger partial charge in [0.05, 0.1) is 30.8 Å². The summed E-state index contributed by atoms with van der Waals surface area (Å²) in [6.07, 6.45) is 8.09. The maximum absolute atomic E-state index is 10.5. The quantitative estimate of drug-likeness (QED) is 0.620. The van der Waals surface area contributed by atoms with Gasteiger partial charge >= 0.3 is 0 Å². The van der Waals surface area contributed by atoms with Crippen molar-refractivity contribution in [2.45, 2.75) is 88.8 Å². The predicted molar refractivity (Wildman–Crippen MR) is 90.7 cm³/mol. The molecule has 2 heterocycles. The van der Waals surface area contributed by atoms with Gasteiger partial charge in [-0.2, -0.15) is 14.4 Å². The first kappa shape index (κ1) is 16.5. The molecule has 0 spiro atoms. The van der Waals surface area contributed by atoms with Crippen LogP contribution in [0.1, 0.15) is 76.4 Å². The lowest BCUT2D eigenvalue weighted by Gasteiger charge is -2.32. The maximum Gasteiger partial charge on any atom is 0.176 e. The Morgan fingerprint density at radius 2 is 1.71 bits per heavy atom. The smallest absolute Gasteiger partial charge is 0.176 e. The van der Waals surface area contributed by atoms with Crippen molar-refractivity contribution in [3.8, 4) is 0 Å². The second-order valence-corrected chi connectivity index (χ2v) is 8.05. The van der Waals surface area contributed by atoms with Crippen molar-refractivity contribution in [2.24, 2.45) is 5.92 Å². The van der Waals surface area contributed by atoms with E-state index in [9.17, 15) is 10.2 Å². The van der Waals surface area contributed by atoms with Crippen molar-refractivity contribution in [1.82, 2.24) is 14.4 Å².